The van der Waals surface area contributed by atoms with E-state index in [1.54, 1.807) is 0 Å². The number of carbonyl (C=O) groups excluding carboxylic acids is 1. The third-order valence-electron chi connectivity index (χ3n) is 2.36. The Labute approximate surface area is 90.1 Å². The molecule has 2 fully saturated rings. The highest BCUT2D eigenvalue weighted by Gasteiger charge is 2.24. The molecule has 1 unspecified atom stereocenters. The van der Waals surface area contributed by atoms with Crippen molar-refractivity contribution in [3.8, 4) is 0 Å². The van der Waals surface area contributed by atoms with Crippen molar-refractivity contribution < 1.29 is 19.0 Å². The zero-order chi connectivity index (χ0) is 9.80. The van der Waals surface area contributed by atoms with Gasteiger partial charge in [0.2, 0.25) is 0 Å². The van der Waals surface area contributed by atoms with E-state index in [1.807, 2.05) is 0 Å². The van der Waals surface area contributed by atoms with Gasteiger partial charge in [0.15, 0.2) is 6.29 Å². The van der Waals surface area contributed by atoms with E-state index < -0.39 is 0 Å². The number of cyclic esters (lactones) is 1. The van der Waals surface area contributed by atoms with E-state index in [4.69, 9.17) is 14.2 Å². The van der Waals surface area contributed by atoms with Crippen molar-refractivity contribution in [2.75, 3.05) is 19.8 Å². The van der Waals surface area contributed by atoms with E-state index in [-0.39, 0.29) is 25.9 Å². The quantitative estimate of drug-likeness (QED) is 0.773. The third-order valence-corrected chi connectivity index (χ3v) is 2.36. The summed E-state index contributed by atoms with van der Waals surface area (Å²) in [6.45, 7) is 1.64. The van der Waals surface area contributed by atoms with Crippen molar-refractivity contribution in [3.63, 3.8) is 0 Å². The summed E-state index contributed by atoms with van der Waals surface area (Å²) >= 11 is 0. The molecular weight excluding hydrogens is 198 g/mol. The average Bonchev–Trinajstić information content (AvgIpc) is 2.63. The van der Waals surface area contributed by atoms with Crippen LogP contribution in [0.1, 0.15) is 26.7 Å². The third kappa shape index (κ3) is 3.68. The maximum Gasteiger partial charge on any atom is 0.407 e. The molecule has 0 aromatic heterocycles. The van der Waals surface area contributed by atoms with Gasteiger partial charge in [0.05, 0.1) is 12.6 Å². The average molecular weight is 217 g/mol. The minimum atomic E-state index is -0.358. The second-order valence-corrected chi connectivity index (χ2v) is 3.57. The van der Waals surface area contributed by atoms with Crippen LogP contribution in [-0.2, 0) is 14.2 Å². The summed E-state index contributed by atoms with van der Waals surface area (Å²) < 4.78 is 15.6. The molecule has 0 aromatic carbocycles. The van der Waals surface area contributed by atoms with E-state index in [2.05, 4.69) is 5.32 Å². The number of nitrogens with one attached hydrogen (secondary N) is 1. The summed E-state index contributed by atoms with van der Waals surface area (Å²) in [5, 5.41) is 2.65. The number of amides is 1. The lowest BCUT2D eigenvalue weighted by molar-refractivity contribution is -0.165. The normalized spacial score (nSPS) is 30.3. The fraction of sp³-hybridized carbons (Fsp3) is 0.900. The van der Waals surface area contributed by atoms with Crippen molar-refractivity contribution in [1.29, 1.82) is 0 Å². The van der Waals surface area contributed by atoms with Crippen LogP contribution < -0.4 is 5.32 Å². The highest BCUT2D eigenvalue weighted by atomic mass is 16.7. The van der Waals surface area contributed by atoms with E-state index in [1.165, 1.54) is 0 Å². The van der Waals surface area contributed by atoms with Crippen LogP contribution in [0.25, 0.3) is 0 Å². The van der Waals surface area contributed by atoms with Crippen LogP contribution in [0, 0.1) is 0 Å². The predicted molar refractivity (Wildman–Crippen MR) is 54.5 cm³/mol. The van der Waals surface area contributed by atoms with Crippen LogP contribution in [0.2, 0.25) is 0 Å². The van der Waals surface area contributed by atoms with Crippen molar-refractivity contribution in [2.45, 2.75) is 39.0 Å². The Morgan fingerprint density at radius 2 is 2.33 bits per heavy atom. The van der Waals surface area contributed by atoms with Gasteiger partial charge in [-0.2, -0.15) is 0 Å². The first-order valence-corrected chi connectivity index (χ1v) is 5.01. The van der Waals surface area contributed by atoms with Crippen molar-refractivity contribution in [2.24, 2.45) is 0 Å². The molecule has 0 spiro atoms. The van der Waals surface area contributed by atoms with E-state index in [0.29, 0.717) is 13.2 Å². The smallest absolute Gasteiger partial charge is 0.407 e. The van der Waals surface area contributed by atoms with Gasteiger partial charge >= 0.3 is 6.09 Å². The first-order chi connectivity index (χ1) is 6.84. The Morgan fingerprint density at radius 1 is 1.47 bits per heavy atom. The number of hydrogen-bond acceptors (Lipinski definition) is 4. The van der Waals surface area contributed by atoms with Crippen molar-refractivity contribution in [3.05, 3.63) is 0 Å². The first-order valence-electron chi connectivity index (χ1n) is 5.01. The van der Waals surface area contributed by atoms with Gasteiger partial charge in [-0.05, 0) is 19.3 Å². The highest BCUT2D eigenvalue weighted by Crippen LogP contribution is 2.14. The Kier molecular flexibility index (Phi) is 4.84. The van der Waals surface area contributed by atoms with Gasteiger partial charge in [-0.15, -0.1) is 0 Å². The van der Waals surface area contributed by atoms with Crippen molar-refractivity contribution >= 4 is 6.09 Å². The Balaban J connectivity index is 0.00000112. The highest BCUT2D eigenvalue weighted by molar-refractivity contribution is 5.69. The van der Waals surface area contributed by atoms with Gasteiger partial charge in [-0.1, -0.05) is 7.43 Å². The lowest BCUT2D eigenvalue weighted by Gasteiger charge is -2.23. The summed E-state index contributed by atoms with van der Waals surface area (Å²) in [6.07, 6.45) is 2.76. The Morgan fingerprint density at radius 3 is 2.93 bits per heavy atom. The number of alkyl carbamates (subject to hydrolysis) is 1. The summed E-state index contributed by atoms with van der Waals surface area (Å²) in [5.41, 5.74) is 0. The molecule has 0 saturated carbocycles. The van der Waals surface area contributed by atoms with Crippen LogP contribution in [0.3, 0.4) is 0 Å². The summed E-state index contributed by atoms with van der Waals surface area (Å²) in [7, 11) is 0. The molecule has 0 aliphatic carbocycles. The van der Waals surface area contributed by atoms with Gasteiger partial charge in [0.25, 0.3) is 0 Å². The molecule has 2 heterocycles. The SMILES string of the molecule is C.O=C1N[C@@H](COC2CCCCO2)CO1. The van der Waals surface area contributed by atoms with E-state index >= 15 is 0 Å². The van der Waals surface area contributed by atoms with E-state index in [0.717, 1.165) is 25.9 Å². The molecule has 2 aliphatic heterocycles. The zero-order valence-corrected chi connectivity index (χ0v) is 8.03. The number of carbonyl (C=O) groups is 1. The zero-order valence-electron chi connectivity index (χ0n) is 8.03. The molecular formula is C10H19NO4. The summed E-state index contributed by atoms with van der Waals surface area (Å²) in [4.78, 5) is 10.7. The number of hydrogen-bond donors (Lipinski definition) is 1. The maximum absolute atomic E-state index is 10.7. The molecule has 88 valence electrons. The van der Waals surface area contributed by atoms with Gasteiger partial charge in [0.1, 0.15) is 6.61 Å². The predicted octanol–water partition coefficient (Wildman–Crippen LogP) is 1.27. The first kappa shape index (κ1) is 12.3. The second-order valence-electron chi connectivity index (χ2n) is 3.57. The maximum atomic E-state index is 10.7. The molecule has 5 heteroatoms. The fourth-order valence-corrected chi connectivity index (χ4v) is 1.58. The minimum absolute atomic E-state index is 0. The molecule has 1 N–H and O–H groups in total. The molecule has 15 heavy (non-hydrogen) atoms. The second kappa shape index (κ2) is 5.92. The summed E-state index contributed by atoms with van der Waals surface area (Å²) in [6, 6.07) is -0.0203. The van der Waals surface area contributed by atoms with Gasteiger partial charge in [0, 0.05) is 6.61 Å². The standard InChI is InChI=1S/C9H15NO4.CH4/c11-9-10-7(6-14-9)5-13-8-3-1-2-4-12-8;/h7-8H,1-6H2,(H,10,11);1H4/t7-,8?;/m0./s1. The number of ether oxygens (including phenoxy) is 3. The van der Waals surface area contributed by atoms with Gasteiger partial charge < -0.3 is 19.5 Å². The van der Waals surface area contributed by atoms with E-state index in [9.17, 15) is 4.79 Å². The molecule has 2 saturated heterocycles. The molecule has 2 atom stereocenters. The molecule has 1 amide bonds. The van der Waals surface area contributed by atoms with Gasteiger partial charge in [-0.25, -0.2) is 4.79 Å². The molecule has 0 bridgehead atoms. The van der Waals surface area contributed by atoms with Crippen LogP contribution in [-0.4, -0.2) is 38.2 Å². The monoisotopic (exact) mass is 217 g/mol. The number of rotatable bonds is 3. The minimum Gasteiger partial charge on any atom is -0.447 e. The van der Waals surface area contributed by atoms with Crippen LogP contribution in [0.4, 0.5) is 4.79 Å². The fourth-order valence-electron chi connectivity index (χ4n) is 1.58. The van der Waals surface area contributed by atoms with Crippen LogP contribution in [0.5, 0.6) is 0 Å². The Hall–Kier alpha value is -0.810. The molecule has 2 aliphatic rings. The topological polar surface area (TPSA) is 56.8 Å². The Bertz CT molecular complexity index is 204. The molecule has 5 nitrogen and oxygen atoms in total. The lowest BCUT2D eigenvalue weighted by atomic mass is 10.2. The molecule has 0 radical (unpaired) electrons. The van der Waals surface area contributed by atoms with Crippen molar-refractivity contribution in [1.82, 2.24) is 5.32 Å². The molecule has 0 aromatic rings. The largest absolute Gasteiger partial charge is 0.447 e. The van der Waals surface area contributed by atoms with Crippen LogP contribution in [0.15, 0.2) is 0 Å². The summed E-state index contributed by atoms with van der Waals surface area (Å²) in [5.74, 6) is 0. The lowest BCUT2D eigenvalue weighted by Crippen LogP contribution is -2.34. The van der Waals surface area contributed by atoms with Gasteiger partial charge in [-0.3, -0.25) is 0 Å². The van der Waals surface area contributed by atoms with Crippen LogP contribution >= 0.6 is 0 Å². The molecule has 2 rings (SSSR count).